The lowest BCUT2D eigenvalue weighted by molar-refractivity contribution is 0.117. The van der Waals surface area contributed by atoms with E-state index >= 15 is 0 Å². The number of nitrogens with zero attached hydrogens (tertiary/aromatic N) is 3. The minimum Gasteiger partial charge on any atom is -0.318 e. The quantitative estimate of drug-likeness (QED) is 0.863. The SMILES string of the molecule is O=C1N(Cc2ccccc2)C[C@H]2CN(Cc3cccs3)CCN12. The lowest BCUT2D eigenvalue weighted by atomic mass is 10.2. The highest BCUT2D eigenvalue weighted by Crippen LogP contribution is 2.24. The molecule has 120 valence electrons. The Hall–Kier alpha value is -1.85. The van der Waals surface area contributed by atoms with Gasteiger partial charge in [0.25, 0.3) is 0 Å². The van der Waals surface area contributed by atoms with Crippen molar-refractivity contribution in [2.24, 2.45) is 0 Å². The van der Waals surface area contributed by atoms with E-state index in [2.05, 4.69) is 39.4 Å². The number of hydrogen-bond donors (Lipinski definition) is 0. The lowest BCUT2D eigenvalue weighted by Gasteiger charge is -2.36. The number of hydrogen-bond acceptors (Lipinski definition) is 3. The van der Waals surface area contributed by atoms with Crippen LogP contribution in [0.25, 0.3) is 0 Å². The molecule has 2 saturated heterocycles. The smallest absolute Gasteiger partial charge is 0.318 e. The molecule has 1 atom stereocenters. The van der Waals surface area contributed by atoms with Crippen molar-refractivity contribution in [2.45, 2.75) is 19.1 Å². The summed E-state index contributed by atoms with van der Waals surface area (Å²) < 4.78 is 0. The first-order chi connectivity index (χ1) is 11.3. The monoisotopic (exact) mass is 327 g/mol. The maximum Gasteiger partial charge on any atom is 0.320 e. The van der Waals surface area contributed by atoms with Gasteiger partial charge in [0.15, 0.2) is 0 Å². The molecule has 23 heavy (non-hydrogen) atoms. The lowest BCUT2D eigenvalue weighted by Crippen LogP contribution is -2.51. The molecule has 0 bridgehead atoms. The number of fused-ring (bicyclic) bond motifs is 1. The van der Waals surface area contributed by atoms with Crippen LogP contribution in [0, 0.1) is 0 Å². The number of rotatable bonds is 4. The van der Waals surface area contributed by atoms with Gasteiger partial charge in [-0.15, -0.1) is 11.3 Å². The van der Waals surface area contributed by atoms with Crippen molar-refractivity contribution in [3.63, 3.8) is 0 Å². The highest BCUT2D eigenvalue weighted by atomic mass is 32.1. The average Bonchev–Trinajstić information content (AvgIpc) is 3.17. The van der Waals surface area contributed by atoms with Gasteiger partial charge in [-0.1, -0.05) is 36.4 Å². The molecule has 1 aromatic heterocycles. The third-order valence-electron chi connectivity index (χ3n) is 4.69. The molecule has 2 aromatic rings. The summed E-state index contributed by atoms with van der Waals surface area (Å²) in [6, 6.07) is 15.1. The van der Waals surface area contributed by atoms with E-state index in [1.807, 2.05) is 34.4 Å². The molecule has 1 aromatic carbocycles. The molecular formula is C18H21N3OS. The van der Waals surface area contributed by atoms with Crippen LogP contribution in [0.5, 0.6) is 0 Å². The summed E-state index contributed by atoms with van der Waals surface area (Å²) in [6.07, 6.45) is 0. The minimum atomic E-state index is 0.203. The van der Waals surface area contributed by atoms with Crippen LogP contribution < -0.4 is 0 Å². The zero-order chi connectivity index (χ0) is 15.6. The van der Waals surface area contributed by atoms with E-state index in [-0.39, 0.29) is 6.03 Å². The van der Waals surface area contributed by atoms with Crippen molar-refractivity contribution in [3.8, 4) is 0 Å². The van der Waals surface area contributed by atoms with Crippen molar-refractivity contribution >= 4 is 17.4 Å². The second-order valence-corrected chi connectivity index (χ2v) is 7.34. The third kappa shape index (κ3) is 3.12. The van der Waals surface area contributed by atoms with Crippen LogP contribution in [0.15, 0.2) is 47.8 Å². The van der Waals surface area contributed by atoms with Gasteiger partial charge in [0, 0.05) is 44.1 Å². The molecule has 2 aliphatic heterocycles. The van der Waals surface area contributed by atoms with E-state index in [0.29, 0.717) is 6.04 Å². The molecule has 2 aliphatic rings. The normalized spacial score (nSPS) is 21.7. The number of carbonyl (C=O) groups is 1. The number of thiophene rings is 1. The van der Waals surface area contributed by atoms with Gasteiger partial charge < -0.3 is 9.80 Å². The summed E-state index contributed by atoms with van der Waals surface area (Å²) >= 11 is 1.81. The van der Waals surface area contributed by atoms with Crippen LogP contribution in [0.4, 0.5) is 4.79 Å². The average molecular weight is 327 g/mol. The number of carbonyl (C=O) groups excluding carboxylic acids is 1. The molecule has 4 nitrogen and oxygen atoms in total. The summed E-state index contributed by atoms with van der Waals surface area (Å²) in [5.74, 6) is 0. The Kier molecular flexibility index (Phi) is 4.06. The Morgan fingerprint density at radius 3 is 2.65 bits per heavy atom. The molecular weight excluding hydrogens is 306 g/mol. The van der Waals surface area contributed by atoms with Crippen molar-refractivity contribution in [2.75, 3.05) is 26.2 Å². The Morgan fingerprint density at radius 2 is 1.87 bits per heavy atom. The van der Waals surface area contributed by atoms with E-state index in [0.717, 1.165) is 39.3 Å². The topological polar surface area (TPSA) is 26.8 Å². The van der Waals surface area contributed by atoms with Gasteiger partial charge >= 0.3 is 6.03 Å². The van der Waals surface area contributed by atoms with Gasteiger partial charge in [0.2, 0.25) is 0 Å². The molecule has 5 heteroatoms. The van der Waals surface area contributed by atoms with Crippen molar-refractivity contribution in [1.29, 1.82) is 0 Å². The van der Waals surface area contributed by atoms with E-state index < -0.39 is 0 Å². The summed E-state index contributed by atoms with van der Waals surface area (Å²) in [5, 5.41) is 2.13. The van der Waals surface area contributed by atoms with Crippen molar-refractivity contribution < 1.29 is 4.79 Å². The molecule has 0 spiro atoms. The Balaban J connectivity index is 1.39. The van der Waals surface area contributed by atoms with Crippen LogP contribution in [0.1, 0.15) is 10.4 Å². The Bertz CT molecular complexity index is 658. The van der Waals surface area contributed by atoms with Crippen LogP contribution in [0.2, 0.25) is 0 Å². The predicted molar refractivity (Wildman–Crippen MR) is 92.3 cm³/mol. The predicted octanol–water partition coefficient (Wildman–Crippen LogP) is 2.87. The van der Waals surface area contributed by atoms with Crippen LogP contribution in [-0.2, 0) is 13.1 Å². The molecule has 0 N–H and O–H groups in total. The summed E-state index contributed by atoms with van der Waals surface area (Å²) in [4.78, 5) is 20.5. The first-order valence-electron chi connectivity index (χ1n) is 8.14. The van der Waals surface area contributed by atoms with E-state index in [4.69, 9.17) is 0 Å². The second kappa shape index (κ2) is 6.34. The van der Waals surface area contributed by atoms with Gasteiger partial charge in [-0.05, 0) is 17.0 Å². The van der Waals surface area contributed by atoms with Gasteiger partial charge in [-0.2, -0.15) is 0 Å². The molecule has 2 fully saturated rings. The van der Waals surface area contributed by atoms with Gasteiger partial charge in [-0.25, -0.2) is 4.79 Å². The van der Waals surface area contributed by atoms with Gasteiger partial charge in [0.05, 0.1) is 6.04 Å². The molecule has 0 aliphatic carbocycles. The molecule has 0 saturated carbocycles. The zero-order valence-corrected chi connectivity index (χ0v) is 13.9. The number of piperazine rings is 1. The summed E-state index contributed by atoms with van der Waals surface area (Å²) in [5.41, 5.74) is 1.20. The maximum atomic E-state index is 12.6. The summed E-state index contributed by atoms with van der Waals surface area (Å²) in [6.45, 7) is 5.37. The summed E-state index contributed by atoms with van der Waals surface area (Å²) in [7, 11) is 0. The molecule has 4 rings (SSSR count). The third-order valence-corrected chi connectivity index (χ3v) is 5.55. The largest absolute Gasteiger partial charge is 0.320 e. The molecule has 3 heterocycles. The standard InChI is InChI=1S/C18H21N3OS/c22-18-20(11-15-5-2-1-3-6-15)13-16-12-19(8-9-21(16)18)14-17-7-4-10-23-17/h1-7,10,16H,8-9,11-14H2/t16-/m1/s1. The fraction of sp³-hybridized carbons (Fsp3) is 0.389. The fourth-order valence-electron chi connectivity index (χ4n) is 3.54. The van der Waals surface area contributed by atoms with Crippen LogP contribution >= 0.6 is 11.3 Å². The fourth-order valence-corrected chi connectivity index (χ4v) is 4.29. The zero-order valence-electron chi connectivity index (χ0n) is 13.1. The van der Waals surface area contributed by atoms with Gasteiger partial charge in [0.1, 0.15) is 0 Å². The second-order valence-electron chi connectivity index (χ2n) is 6.31. The molecule has 0 radical (unpaired) electrons. The number of benzene rings is 1. The maximum absolute atomic E-state index is 12.6. The van der Waals surface area contributed by atoms with Crippen molar-refractivity contribution in [3.05, 3.63) is 58.3 Å². The van der Waals surface area contributed by atoms with Crippen molar-refractivity contribution in [1.82, 2.24) is 14.7 Å². The highest BCUT2D eigenvalue weighted by molar-refractivity contribution is 7.09. The van der Waals surface area contributed by atoms with E-state index in [1.54, 1.807) is 0 Å². The van der Waals surface area contributed by atoms with E-state index in [9.17, 15) is 4.79 Å². The first kappa shape index (κ1) is 14.7. The number of urea groups is 1. The minimum absolute atomic E-state index is 0.203. The van der Waals surface area contributed by atoms with Crippen LogP contribution in [-0.4, -0.2) is 53.0 Å². The van der Waals surface area contributed by atoms with Crippen LogP contribution in [0.3, 0.4) is 0 Å². The molecule has 0 unspecified atom stereocenters. The number of amides is 2. The first-order valence-corrected chi connectivity index (χ1v) is 9.02. The Labute approximate surface area is 140 Å². The highest BCUT2D eigenvalue weighted by Gasteiger charge is 2.40. The molecule has 2 amide bonds. The van der Waals surface area contributed by atoms with E-state index in [1.165, 1.54) is 10.4 Å². The van der Waals surface area contributed by atoms with Gasteiger partial charge in [-0.3, -0.25) is 4.90 Å². The Morgan fingerprint density at radius 1 is 1.00 bits per heavy atom.